The number of allylic oxidation sites excluding steroid dienone is 1. The van der Waals surface area contributed by atoms with E-state index in [0.29, 0.717) is 16.9 Å². The number of nitrogens with one attached hydrogen (secondary N) is 1. The second-order valence-electron chi connectivity index (χ2n) is 5.61. The van der Waals surface area contributed by atoms with E-state index in [2.05, 4.69) is 4.98 Å². The monoisotopic (exact) mass is 339 g/mol. The Hall–Kier alpha value is -3.28. The summed E-state index contributed by atoms with van der Waals surface area (Å²) in [5.41, 5.74) is 3.30. The lowest BCUT2D eigenvalue weighted by molar-refractivity contribution is -0.131. The van der Waals surface area contributed by atoms with Crippen LogP contribution in [0.4, 0.5) is 0 Å². The number of methoxy groups -OCH3 is 2. The van der Waals surface area contributed by atoms with Crippen LogP contribution < -0.4 is 4.74 Å². The van der Waals surface area contributed by atoms with Crippen LogP contribution in [0.15, 0.2) is 36.4 Å². The van der Waals surface area contributed by atoms with Gasteiger partial charge in [-0.1, -0.05) is 18.2 Å². The number of ether oxygens (including phenoxy) is 2. The minimum Gasteiger partial charge on any atom is -0.495 e. The van der Waals surface area contributed by atoms with Crippen molar-refractivity contribution in [3.63, 3.8) is 0 Å². The highest BCUT2D eigenvalue weighted by Gasteiger charge is 2.16. The van der Waals surface area contributed by atoms with Gasteiger partial charge in [-0.25, -0.2) is 9.59 Å². The van der Waals surface area contributed by atoms with Crippen LogP contribution in [0.2, 0.25) is 0 Å². The van der Waals surface area contributed by atoms with E-state index in [4.69, 9.17) is 14.6 Å². The van der Waals surface area contributed by atoms with Crippen molar-refractivity contribution in [1.82, 2.24) is 4.98 Å². The van der Waals surface area contributed by atoms with E-state index < -0.39 is 11.9 Å². The number of aliphatic carboxylic acids is 1. The lowest BCUT2D eigenvalue weighted by Crippen LogP contribution is -2.01. The van der Waals surface area contributed by atoms with E-state index in [1.54, 1.807) is 19.1 Å². The number of hydrogen-bond acceptors (Lipinski definition) is 4. The van der Waals surface area contributed by atoms with Gasteiger partial charge in [-0.3, -0.25) is 0 Å². The molecule has 0 aliphatic rings. The Morgan fingerprint density at radius 2 is 1.88 bits per heavy atom. The molecule has 0 aliphatic heterocycles. The highest BCUT2D eigenvalue weighted by Crippen LogP contribution is 2.36. The zero-order valence-electron chi connectivity index (χ0n) is 14.0. The number of esters is 1. The van der Waals surface area contributed by atoms with Gasteiger partial charge >= 0.3 is 11.9 Å². The Labute approximate surface area is 143 Å². The Morgan fingerprint density at radius 1 is 1.12 bits per heavy atom. The number of carboxylic acid groups (broad SMARTS) is 1. The molecule has 0 spiro atoms. The highest BCUT2D eigenvalue weighted by atomic mass is 16.5. The van der Waals surface area contributed by atoms with Gasteiger partial charge in [-0.05, 0) is 24.6 Å². The van der Waals surface area contributed by atoms with Gasteiger partial charge in [0.25, 0.3) is 0 Å². The van der Waals surface area contributed by atoms with Crippen LogP contribution in [0.25, 0.3) is 27.4 Å². The number of carbonyl (C=O) groups excluding carboxylic acids is 1. The zero-order valence-corrected chi connectivity index (χ0v) is 14.0. The summed E-state index contributed by atoms with van der Waals surface area (Å²) >= 11 is 0. The van der Waals surface area contributed by atoms with Gasteiger partial charge in [0, 0.05) is 22.4 Å². The number of fused-ring (bicyclic) bond motifs is 3. The van der Waals surface area contributed by atoms with E-state index in [1.807, 2.05) is 18.2 Å². The number of rotatable bonds is 4. The number of carbonyl (C=O) groups is 2. The Balaban J connectivity index is 2.36. The summed E-state index contributed by atoms with van der Waals surface area (Å²) < 4.78 is 10.2. The molecule has 25 heavy (non-hydrogen) atoms. The topological polar surface area (TPSA) is 88.6 Å². The number of H-pyrrole nitrogens is 1. The first-order chi connectivity index (χ1) is 12.0. The molecule has 3 aromatic rings. The van der Waals surface area contributed by atoms with Crippen LogP contribution in [0.5, 0.6) is 5.75 Å². The summed E-state index contributed by atoms with van der Waals surface area (Å²) in [5.74, 6) is -0.941. The van der Waals surface area contributed by atoms with Gasteiger partial charge < -0.3 is 19.6 Å². The molecule has 0 unspecified atom stereocenters. The quantitative estimate of drug-likeness (QED) is 0.560. The normalized spacial score (nSPS) is 11.7. The SMILES string of the molecule is COC(=O)c1cc(OC)c2[nH]c3c(/C(C)=C/C(=O)O)cccc3c2c1. The van der Waals surface area contributed by atoms with Crippen LogP contribution in [-0.2, 0) is 9.53 Å². The van der Waals surface area contributed by atoms with Crippen molar-refractivity contribution >= 4 is 39.3 Å². The molecule has 0 atom stereocenters. The molecule has 6 nitrogen and oxygen atoms in total. The number of benzene rings is 2. The molecule has 0 amide bonds. The first-order valence-corrected chi connectivity index (χ1v) is 7.58. The minimum atomic E-state index is -1.00. The third kappa shape index (κ3) is 2.82. The lowest BCUT2D eigenvalue weighted by atomic mass is 10.0. The van der Waals surface area contributed by atoms with Crippen LogP contribution in [0.1, 0.15) is 22.8 Å². The van der Waals surface area contributed by atoms with Crippen molar-refractivity contribution in [3.05, 3.63) is 47.5 Å². The number of hydrogen-bond donors (Lipinski definition) is 2. The highest BCUT2D eigenvalue weighted by molar-refractivity contribution is 6.14. The maximum Gasteiger partial charge on any atom is 0.338 e. The van der Waals surface area contributed by atoms with Crippen molar-refractivity contribution in [1.29, 1.82) is 0 Å². The number of aromatic nitrogens is 1. The van der Waals surface area contributed by atoms with E-state index >= 15 is 0 Å². The fraction of sp³-hybridized carbons (Fsp3) is 0.158. The first kappa shape index (κ1) is 16.6. The fourth-order valence-electron chi connectivity index (χ4n) is 2.98. The average molecular weight is 339 g/mol. The lowest BCUT2D eigenvalue weighted by Gasteiger charge is -2.05. The first-order valence-electron chi connectivity index (χ1n) is 7.58. The second kappa shape index (κ2) is 6.32. The molecule has 6 heteroatoms. The maximum absolute atomic E-state index is 11.9. The van der Waals surface area contributed by atoms with Gasteiger partial charge in [0.1, 0.15) is 5.75 Å². The molecule has 1 heterocycles. The number of carboxylic acids is 1. The molecular weight excluding hydrogens is 322 g/mol. The second-order valence-corrected chi connectivity index (χ2v) is 5.61. The third-order valence-corrected chi connectivity index (χ3v) is 4.11. The third-order valence-electron chi connectivity index (χ3n) is 4.11. The number of aromatic amines is 1. The molecule has 1 aromatic heterocycles. The van der Waals surface area contributed by atoms with E-state index in [1.165, 1.54) is 14.2 Å². The summed E-state index contributed by atoms with van der Waals surface area (Å²) in [5, 5.41) is 10.7. The molecule has 128 valence electrons. The predicted octanol–water partition coefficient (Wildman–Crippen LogP) is 3.60. The fourth-order valence-corrected chi connectivity index (χ4v) is 2.98. The summed E-state index contributed by atoms with van der Waals surface area (Å²) in [6.45, 7) is 1.74. The van der Waals surface area contributed by atoms with Crippen LogP contribution in [-0.4, -0.2) is 36.2 Å². The Bertz CT molecular complexity index is 1030. The standard InChI is InChI=1S/C19H17NO5/c1-10(7-16(21)22)12-5-4-6-13-14-8-11(19(23)25-3)9-15(24-2)18(14)20-17(12)13/h4-9,20H,1-3H3,(H,21,22)/b10-7+. The predicted molar refractivity (Wildman–Crippen MR) is 95.0 cm³/mol. The minimum absolute atomic E-state index is 0.385. The molecule has 2 aromatic carbocycles. The van der Waals surface area contributed by atoms with Gasteiger partial charge in [-0.2, -0.15) is 0 Å². The van der Waals surface area contributed by atoms with Crippen LogP contribution in [0.3, 0.4) is 0 Å². The van der Waals surface area contributed by atoms with E-state index in [-0.39, 0.29) is 0 Å². The Morgan fingerprint density at radius 3 is 2.52 bits per heavy atom. The van der Waals surface area contributed by atoms with Crippen LogP contribution in [0, 0.1) is 0 Å². The molecule has 0 aliphatic carbocycles. The summed E-state index contributed by atoms with van der Waals surface area (Å²) in [6.07, 6.45) is 1.16. The molecular formula is C19H17NO5. The summed E-state index contributed by atoms with van der Waals surface area (Å²) in [6, 6.07) is 8.96. The van der Waals surface area contributed by atoms with Gasteiger partial charge in [-0.15, -0.1) is 0 Å². The maximum atomic E-state index is 11.9. The summed E-state index contributed by atoms with van der Waals surface area (Å²) in [4.78, 5) is 26.2. The van der Waals surface area contributed by atoms with Crippen molar-refractivity contribution in [2.45, 2.75) is 6.92 Å². The summed E-state index contributed by atoms with van der Waals surface area (Å²) in [7, 11) is 2.85. The van der Waals surface area contributed by atoms with Crippen molar-refractivity contribution in [2.75, 3.05) is 14.2 Å². The van der Waals surface area contributed by atoms with Crippen molar-refractivity contribution < 1.29 is 24.2 Å². The zero-order chi connectivity index (χ0) is 18.1. The largest absolute Gasteiger partial charge is 0.495 e. The van der Waals surface area contributed by atoms with Gasteiger partial charge in [0.2, 0.25) is 0 Å². The van der Waals surface area contributed by atoms with E-state index in [9.17, 15) is 9.59 Å². The Kier molecular flexibility index (Phi) is 4.19. The molecule has 0 radical (unpaired) electrons. The number of para-hydroxylation sites is 1. The van der Waals surface area contributed by atoms with Gasteiger partial charge in [0.05, 0.1) is 30.8 Å². The molecule has 3 rings (SSSR count). The smallest absolute Gasteiger partial charge is 0.338 e. The molecule has 0 bridgehead atoms. The van der Waals surface area contributed by atoms with Crippen molar-refractivity contribution in [3.8, 4) is 5.75 Å². The molecule has 0 saturated heterocycles. The van der Waals surface area contributed by atoms with E-state index in [0.717, 1.165) is 33.4 Å². The average Bonchev–Trinajstić information content (AvgIpc) is 2.98. The van der Waals surface area contributed by atoms with Crippen molar-refractivity contribution in [2.24, 2.45) is 0 Å². The van der Waals surface area contributed by atoms with Gasteiger partial charge in [0.15, 0.2) is 0 Å². The molecule has 2 N–H and O–H groups in total. The molecule has 0 fully saturated rings. The molecule has 0 saturated carbocycles. The van der Waals surface area contributed by atoms with Crippen LogP contribution >= 0.6 is 0 Å².